The maximum Gasteiger partial charge on any atom is 0.308 e. The smallest absolute Gasteiger partial charge is 0.308 e. The van der Waals surface area contributed by atoms with Crippen molar-refractivity contribution in [2.75, 3.05) is 54.9 Å². The number of methoxy groups -OCH3 is 4. The first kappa shape index (κ1) is 59.7. The molecule has 8 atom stereocenters. The van der Waals surface area contributed by atoms with Gasteiger partial charge in [-0.1, -0.05) is 63.7 Å². The number of aliphatic carboxylic acids is 4. The van der Waals surface area contributed by atoms with Crippen LogP contribution in [0.3, 0.4) is 0 Å². The monoisotopic (exact) mass is 1180 g/mol. The van der Waals surface area contributed by atoms with E-state index in [4.69, 9.17) is 28.4 Å². The molecule has 2 aliphatic carbocycles. The third kappa shape index (κ3) is 13.0. The summed E-state index contributed by atoms with van der Waals surface area (Å²) in [5.74, 6) is -9.24. The van der Waals surface area contributed by atoms with E-state index in [1.807, 2.05) is 0 Å². The fraction of sp³-hybridized carbons (Fsp3) is 0.364. The summed E-state index contributed by atoms with van der Waals surface area (Å²) in [6.45, 7) is 3.11. The van der Waals surface area contributed by atoms with E-state index in [9.17, 15) is 39.6 Å². The molecule has 4 aromatic carbocycles. The Balaban J connectivity index is 0.000000554. The van der Waals surface area contributed by atoms with Crippen molar-refractivity contribution in [3.05, 3.63) is 113 Å². The molecule has 3 fully saturated rings. The molecule has 7 rings (SSSR count). The predicted octanol–water partition coefficient (Wildman–Crippen LogP) is 5.76. The maximum absolute atomic E-state index is 12.0. The average Bonchev–Trinajstić information content (AvgIpc) is 3.21. The van der Waals surface area contributed by atoms with Crippen molar-refractivity contribution in [2.45, 2.75) is 23.7 Å². The van der Waals surface area contributed by atoms with Crippen LogP contribution in [0.15, 0.2) is 90.7 Å². The van der Waals surface area contributed by atoms with E-state index in [1.165, 1.54) is 28.4 Å². The summed E-state index contributed by atoms with van der Waals surface area (Å²) >= 11 is 13.7. The van der Waals surface area contributed by atoms with Crippen molar-refractivity contribution in [3.63, 3.8) is 0 Å². The lowest BCUT2D eigenvalue weighted by Gasteiger charge is -2.48. The molecular weight excluding hydrogens is 1140 g/mol. The molecule has 0 spiro atoms. The van der Waals surface area contributed by atoms with Gasteiger partial charge in [0.25, 0.3) is 0 Å². The lowest BCUT2D eigenvalue weighted by molar-refractivity contribution is -0.164. The second-order valence-electron chi connectivity index (χ2n) is 14.3. The topological polar surface area (TPSA) is 331 Å². The molecule has 1 heterocycles. The number of hydrogen-bond acceptors (Lipinski definition) is 10. The highest BCUT2D eigenvalue weighted by molar-refractivity contribution is 9.11. The number of carboxylic acids is 4. The molecule has 2 saturated carbocycles. The molecule has 12 N–H and O–H groups in total. The Morgan fingerprint density at radius 3 is 0.727 bits per heavy atom. The molecule has 364 valence electrons. The van der Waals surface area contributed by atoms with Gasteiger partial charge < -0.3 is 70.8 Å². The second kappa shape index (κ2) is 26.8. The molecule has 0 aromatic heterocycles. The fourth-order valence-electron chi connectivity index (χ4n) is 8.58. The minimum absolute atomic E-state index is 0. The molecular formula is C44H52Br4O18. The van der Waals surface area contributed by atoms with E-state index in [0.717, 1.165) is 44.3 Å². The summed E-state index contributed by atoms with van der Waals surface area (Å²) in [5, 5.41) is 39.2. The first-order chi connectivity index (χ1) is 29.6. The summed E-state index contributed by atoms with van der Waals surface area (Å²) < 4.78 is 34.7. The maximum atomic E-state index is 12.0. The van der Waals surface area contributed by atoms with Crippen LogP contribution >= 0.6 is 63.7 Å². The minimum atomic E-state index is -1.15. The minimum Gasteiger partial charge on any atom is -0.496 e. The number of benzene rings is 4. The normalized spacial score (nSPS) is 22.2. The van der Waals surface area contributed by atoms with Gasteiger partial charge in [-0.2, -0.15) is 0 Å². The fourth-order valence-corrected chi connectivity index (χ4v) is 10.1. The van der Waals surface area contributed by atoms with Crippen molar-refractivity contribution in [3.8, 4) is 23.0 Å². The number of hydrogen-bond donors (Lipinski definition) is 4. The van der Waals surface area contributed by atoms with Crippen LogP contribution < -0.4 is 18.9 Å². The van der Waals surface area contributed by atoms with Crippen LogP contribution in [0.4, 0.5) is 0 Å². The summed E-state index contributed by atoms with van der Waals surface area (Å²) in [6.07, 6.45) is 0. The first-order valence-electron chi connectivity index (χ1n) is 19.0. The van der Waals surface area contributed by atoms with Gasteiger partial charge in [0.05, 0.1) is 78.5 Å². The van der Waals surface area contributed by atoms with Crippen LogP contribution in [-0.4, -0.2) is 121 Å². The van der Waals surface area contributed by atoms with Crippen molar-refractivity contribution in [2.24, 2.45) is 23.7 Å². The lowest BCUT2D eigenvalue weighted by atomic mass is 9.52. The van der Waals surface area contributed by atoms with E-state index in [2.05, 4.69) is 63.7 Å². The van der Waals surface area contributed by atoms with Gasteiger partial charge in [-0.25, -0.2) is 0 Å². The summed E-state index contributed by atoms with van der Waals surface area (Å²) in [4.78, 5) is 48.0. The summed E-state index contributed by atoms with van der Waals surface area (Å²) in [7, 11) is 6.02. The van der Waals surface area contributed by atoms with Gasteiger partial charge in [-0.05, 0) is 95.1 Å². The van der Waals surface area contributed by atoms with Crippen LogP contribution in [-0.2, 0) is 28.7 Å². The number of carbonyl (C=O) groups is 4. The molecule has 66 heavy (non-hydrogen) atoms. The molecule has 0 amide bonds. The molecule has 22 heteroatoms. The van der Waals surface area contributed by atoms with E-state index in [0.29, 0.717) is 45.3 Å². The SMILES string of the molecule is C1COCCO1.COc1ccc(Br)cc1[C@@H]1[C@@H](C(=O)O)[C@@H](C(=O)O)[C@@H]1c1cc(Br)ccc1OC.COc1ccc(Br)cc1[C@@H]1[C@@H](C(=O)O)[C@@H](C(=O)O)[C@@H]1c1cc(Br)ccc1OC.O.O.O.O. The highest BCUT2D eigenvalue weighted by atomic mass is 79.9. The van der Waals surface area contributed by atoms with Gasteiger partial charge in [0.2, 0.25) is 0 Å². The zero-order valence-electron chi connectivity index (χ0n) is 35.8. The van der Waals surface area contributed by atoms with Gasteiger partial charge in [0.15, 0.2) is 0 Å². The standard InChI is InChI=1S/2C20H18Br2O6.C4H8O2.4H2O/c2*1-27-13-5-3-9(21)7-11(13)15-16(18(20(25)26)17(15)19(23)24)12-8-10(22)4-6-14(12)28-2;1-2-6-4-3-5-1;;;;/h2*3-8,15-18H,1-2H3,(H,23,24)(H,25,26);1-4H2;4*1H2/t2*15-,16+,17+,18-;;;;;. The second-order valence-corrected chi connectivity index (χ2v) is 18.0. The van der Waals surface area contributed by atoms with Crippen LogP contribution in [0.25, 0.3) is 0 Å². The summed E-state index contributed by atoms with van der Waals surface area (Å²) in [5.41, 5.74) is 2.59. The first-order valence-corrected chi connectivity index (χ1v) is 22.2. The zero-order valence-corrected chi connectivity index (χ0v) is 42.1. The third-order valence-corrected chi connectivity index (χ3v) is 13.2. The Morgan fingerprint density at radius 1 is 0.409 bits per heavy atom. The lowest BCUT2D eigenvalue weighted by Crippen LogP contribution is -2.51. The molecule has 1 aliphatic heterocycles. The Labute approximate surface area is 413 Å². The zero-order chi connectivity index (χ0) is 45.4. The number of halogens is 4. The van der Waals surface area contributed by atoms with Crippen LogP contribution in [0.2, 0.25) is 0 Å². The van der Waals surface area contributed by atoms with Gasteiger partial charge in [0, 0.05) is 41.6 Å². The van der Waals surface area contributed by atoms with Crippen molar-refractivity contribution in [1.82, 2.24) is 0 Å². The Kier molecular flexibility index (Phi) is 24.3. The van der Waals surface area contributed by atoms with Crippen LogP contribution in [0, 0.1) is 23.7 Å². The van der Waals surface area contributed by atoms with E-state index < -0.39 is 71.2 Å². The summed E-state index contributed by atoms with van der Waals surface area (Å²) in [6, 6.07) is 21.3. The van der Waals surface area contributed by atoms with Crippen molar-refractivity contribution >= 4 is 87.6 Å². The Hall–Kier alpha value is -4.36. The van der Waals surface area contributed by atoms with Gasteiger partial charge >= 0.3 is 23.9 Å². The molecule has 1 saturated heterocycles. The third-order valence-electron chi connectivity index (χ3n) is 11.2. The van der Waals surface area contributed by atoms with Gasteiger partial charge in [0.1, 0.15) is 23.0 Å². The molecule has 18 nitrogen and oxygen atoms in total. The quantitative estimate of drug-likeness (QED) is 0.131. The van der Waals surface area contributed by atoms with Crippen molar-refractivity contribution in [1.29, 1.82) is 0 Å². The van der Waals surface area contributed by atoms with Gasteiger partial charge in [-0.15, -0.1) is 0 Å². The van der Waals surface area contributed by atoms with E-state index >= 15 is 0 Å². The molecule has 3 aliphatic rings. The highest BCUT2D eigenvalue weighted by Crippen LogP contribution is 2.62. The molecule has 4 aromatic rings. The van der Waals surface area contributed by atoms with Crippen molar-refractivity contribution < 1.29 is 89.9 Å². The van der Waals surface area contributed by atoms with Crippen LogP contribution in [0.5, 0.6) is 23.0 Å². The molecule has 0 unspecified atom stereocenters. The predicted molar refractivity (Wildman–Crippen MR) is 254 cm³/mol. The molecule has 0 radical (unpaired) electrons. The van der Waals surface area contributed by atoms with E-state index in [1.54, 1.807) is 72.8 Å². The van der Waals surface area contributed by atoms with Gasteiger partial charge in [-0.3, -0.25) is 19.2 Å². The number of ether oxygens (including phenoxy) is 6. The van der Waals surface area contributed by atoms with E-state index in [-0.39, 0.29) is 21.9 Å². The average molecular weight is 1190 g/mol. The Morgan fingerprint density at radius 2 is 0.591 bits per heavy atom. The Bertz CT molecular complexity index is 1960. The molecule has 0 bridgehead atoms. The number of carboxylic acid groups (broad SMARTS) is 4. The van der Waals surface area contributed by atoms with Crippen LogP contribution in [0.1, 0.15) is 45.9 Å². The number of rotatable bonds is 12. The highest BCUT2D eigenvalue weighted by Gasteiger charge is 2.61. The largest absolute Gasteiger partial charge is 0.496 e.